The predicted octanol–water partition coefficient (Wildman–Crippen LogP) is 3.59. The molecule has 0 aliphatic carbocycles. The molecule has 2 aromatic carbocycles. The van der Waals surface area contributed by atoms with Crippen molar-refractivity contribution in [3.8, 4) is 17.2 Å². The summed E-state index contributed by atoms with van der Waals surface area (Å²) in [7, 11) is 0. The number of anilines is 1. The maximum atomic E-state index is 12.5. The van der Waals surface area contributed by atoms with Crippen molar-refractivity contribution in [3.63, 3.8) is 0 Å². The average molecular weight is 325 g/mol. The maximum Gasteiger partial charge on any atom is 0.255 e. The van der Waals surface area contributed by atoms with Gasteiger partial charge in [0.05, 0.1) is 0 Å². The molecule has 2 heterocycles. The number of carbonyl (C=O) groups is 1. The first-order chi connectivity index (χ1) is 11.6. The number of hydrogen-bond donors (Lipinski definition) is 1. The third-order valence-electron chi connectivity index (χ3n) is 4.58. The molecule has 0 saturated carbocycles. The normalized spacial score (nSPS) is 20.9. The Morgan fingerprint density at radius 2 is 1.75 bits per heavy atom. The quantitative estimate of drug-likeness (QED) is 0.917. The second-order valence-corrected chi connectivity index (χ2v) is 6.18. The van der Waals surface area contributed by atoms with Crippen LogP contribution >= 0.6 is 0 Å². The monoisotopic (exact) mass is 325 g/mol. The largest absolute Gasteiger partial charge is 0.490 e. The molecule has 2 aromatic rings. The van der Waals surface area contributed by atoms with E-state index in [1.165, 1.54) is 0 Å². The molecular formula is C19H19NO4. The highest BCUT2D eigenvalue weighted by atomic mass is 16.6. The van der Waals surface area contributed by atoms with Gasteiger partial charge in [0, 0.05) is 28.8 Å². The van der Waals surface area contributed by atoms with Gasteiger partial charge in [-0.2, -0.15) is 0 Å². The lowest BCUT2D eigenvalue weighted by Gasteiger charge is -2.19. The van der Waals surface area contributed by atoms with Crippen molar-refractivity contribution in [1.82, 2.24) is 0 Å². The highest BCUT2D eigenvalue weighted by Crippen LogP contribution is 2.38. The number of fused-ring (bicyclic) bond motifs is 2. The van der Waals surface area contributed by atoms with Crippen LogP contribution in [0.3, 0.4) is 0 Å². The predicted molar refractivity (Wildman–Crippen MR) is 90.3 cm³/mol. The van der Waals surface area contributed by atoms with E-state index in [0.29, 0.717) is 36.0 Å². The van der Waals surface area contributed by atoms with E-state index in [0.717, 1.165) is 11.3 Å². The molecule has 1 amide bonds. The van der Waals surface area contributed by atoms with Crippen molar-refractivity contribution in [3.05, 3.63) is 47.5 Å². The minimum Gasteiger partial charge on any atom is -0.490 e. The van der Waals surface area contributed by atoms with Crippen molar-refractivity contribution in [2.75, 3.05) is 18.5 Å². The van der Waals surface area contributed by atoms with E-state index in [9.17, 15) is 4.79 Å². The lowest BCUT2D eigenvalue weighted by atomic mass is 9.96. The first kappa shape index (κ1) is 14.9. The van der Waals surface area contributed by atoms with Gasteiger partial charge in [0.1, 0.15) is 25.1 Å². The van der Waals surface area contributed by atoms with Crippen LogP contribution in [0, 0.1) is 0 Å². The summed E-state index contributed by atoms with van der Waals surface area (Å²) in [5.41, 5.74) is 2.38. The molecule has 2 atom stereocenters. The standard InChI is InChI=1S/C19H19NO4/c1-11-12(2)24-16-5-3-13(9-15(11)16)19(21)20-14-4-6-17-18(10-14)23-8-7-22-17/h3-6,9-12H,7-8H2,1-2H3,(H,20,21). The van der Waals surface area contributed by atoms with E-state index < -0.39 is 0 Å². The molecule has 24 heavy (non-hydrogen) atoms. The van der Waals surface area contributed by atoms with Crippen molar-refractivity contribution in [1.29, 1.82) is 0 Å². The molecule has 5 nitrogen and oxygen atoms in total. The summed E-state index contributed by atoms with van der Waals surface area (Å²) in [4.78, 5) is 12.5. The lowest BCUT2D eigenvalue weighted by Crippen LogP contribution is -2.16. The summed E-state index contributed by atoms with van der Waals surface area (Å²) in [6.07, 6.45) is 0.135. The van der Waals surface area contributed by atoms with Crippen molar-refractivity contribution >= 4 is 11.6 Å². The maximum absolute atomic E-state index is 12.5. The summed E-state index contributed by atoms with van der Waals surface area (Å²) >= 11 is 0. The van der Waals surface area contributed by atoms with Crippen LogP contribution in [0.5, 0.6) is 17.2 Å². The van der Waals surface area contributed by atoms with E-state index in [4.69, 9.17) is 14.2 Å². The van der Waals surface area contributed by atoms with Gasteiger partial charge in [-0.05, 0) is 37.3 Å². The molecule has 0 spiro atoms. The molecule has 1 N–H and O–H groups in total. The molecular weight excluding hydrogens is 306 g/mol. The number of nitrogens with one attached hydrogen (secondary N) is 1. The number of rotatable bonds is 2. The number of benzene rings is 2. The number of amides is 1. The summed E-state index contributed by atoms with van der Waals surface area (Å²) in [5, 5.41) is 2.91. The molecule has 2 aliphatic heterocycles. The highest BCUT2D eigenvalue weighted by molar-refractivity contribution is 6.04. The Morgan fingerprint density at radius 1 is 1.00 bits per heavy atom. The Kier molecular flexibility index (Phi) is 3.56. The second kappa shape index (κ2) is 5.74. The Morgan fingerprint density at radius 3 is 2.58 bits per heavy atom. The molecule has 0 radical (unpaired) electrons. The molecule has 5 heteroatoms. The van der Waals surface area contributed by atoms with Crippen molar-refractivity contribution in [2.45, 2.75) is 25.9 Å². The third kappa shape index (κ3) is 2.56. The van der Waals surface area contributed by atoms with Crippen molar-refractivity contribution < 1.29 is 19.0 Å². The zero-order chi connectivity index (χ0) is 16.7. The molecule has 4 rings (SSSR count). The van der Waals surface area contributed by atoms with Crippen LogP contribution in [0.2, 0.25) is 0 Å². The Hall–Kier alpha value is -2.69. The number of ether oxygens (including phenoxy) is 3. The van der Waals surface area contributed by atoms with E-state index in [2.05, 4.69) is 12.2 Å². The lowest BCUT2D eigenvalue weighted by molar-refractivity contribution is 0.102. The molecule has 2 aliphatic rings. The molecule has 0 aromatic heterocycles. The molecule has 0 fully saturated rings. The smallest absolute Gasteiger partial charge is 0.255 e. The minimum atomic E-state index is -0.152. The van der Waals surface area contributed by atoms with Gasteiger partial charge < -0.3 is 19.5 Å². The fraction of sp³-hybridized carbons (Fsp3) is 0.316. The fourth-order valence-corrected chi connectivity index (χ4v) is 3.03. The number of hydrogen-bond acceptors (Lipinski definition) is 4. The van der Waals surface area contributed by atoms with Crippen LogP contribution in [-0.4, -0.2) is 25.2 Å². The van der Waals surface area contributed by atoms with Crippen LogP contribution in [-0.2, 0) is 0 Å². The van der Waals surface area contributed by atoms with Gasteiger partial charge in [-0.1, -0.05) is 6.92 Å². The molecule has 0 bridgehead atoms. The van der Waals surface area contributed by atoms with E-state index in [1.807, 2.05) is 31.2 Å². The zero-order valence-electron chi connectivity index (χ0n) is 13.7. The van der Waals surface area contributed by atoms with Gasteiger partial charge >= 0.3 is 0 Å². The van der Waals surface area contributed by atoms with Crippen LogP contribution in [0.4, 0.5) is 5.69 Å². The Labute approximate surface area is 140 Å². The highest BCUT2D eigenvalue weighted by Gasteiger charge is 2.28. The average Bonchev–Trinajstić information content (AvgIpc) is 2.89. The third-order valence-corrected chi connectivity index (χ3v) is 4.58. The van der Waals surface area contributed by atoms with E-state index in [-0.39, 0.29) is 17.9 Å². The van der Waals surface area contributed by atoms with Gasteiger partial charge in [0.15, 0.2) is 11.5 Å². The summed E-state index contributed by atoms with van der Waals surface area (Å²) in [6, 6.07) is 11.0. The van der Waals surface area contributed by atoms with Crippen LogP contribution in [0.25, 0.3) is 0 Å². The van der Waals surface area contributed by atoms with Crippen molar-refractivity contribution in [2.24, 2.45) is 0 Å². The van der Waals surface area contributed by atoms with E-state index >= 15 is 0 Å². The summed E-state index contributed by atoms with van der Waals surface area (Å²) in [5.74, 6) is 2.36. The molecule has 0 saturated heterocycles. The first-order valence-electron chi connectivity index (χ1n) is 8.13. The van der Waals surface area contributed by atoms with Crippen LogP contribution in [0.15, 0.2) is 36.4 Å². The van der Waals surface area contributed by atoms with Gasteiger partial charge in [-0.15, -0.1) is 0 Å². The van der Waals surface area contributed by atoms with Gasteiger partial charge in [0.2, 0.25) is 0 Å². The molecule has 2 unspecified atom stereocenters. The molecule has 124 valence electrons. The van der Waals surface area contributed by atoms with Crippen LogP contribution in [0.1, 0.15) is 35.7 Å². The summed E-state index contributed by atoms with van der Waals surface area (Å²) in [6.45, 7) is 5.22. The zero-order valence-corrected chi connectivity index (χ0v) is 13.7. The Balaban J connectivity index is 1.55. The van der Waals surface area contributed by atoms with Gasteiger partial charge in [-0.3, -0.25) is 4.79 Å². The van der Waals surface area contributed by atoms with Crippen LogP contribution < -0.4 is 19.5 Å². The summed E-state index contributed by atoms with van der Waals surface area (Å²) < 4.78 is 16.8. The van der Waals surface area contributed by atoms with Gasteiger partial charge in [0.25, 0.3) is 5.91 Å². The first-order valence-corrected chi connectivity index (χ1v) is 8.13. The second-order valence-electron chi connectivity index (χ2n) is 6.18. The minimum absolute atomic E-state index is 0.135. The topological polar surface area (TPSA) is 56.8 Å². The number of carbonyl (C=O) groups excluding carboxylic acids is 1. The Bertz CT molecular complexity index is 802. The SMILES string of the molecule is CC1Oc2ccc(C(=O)Nc3ccc4c(c3)OCCO4)cc2C1C. The fourth-order valence-electron chi connectivity index (χ4n) is 3.03. The van der Waals surface area contributed by atoms with E-state index in [1.54, 1.807) is 12.1 Å². The van der Waals surface area contributed by atoms with Gasteiger partial charge in [-0.25, -0.2) is 0 Å².